The van der Waals surface area contributed by atoms with Crippen molar-refractivity contribution in [2.75, 3.05) is 11.5 Å². The summed E-state index contributed by atoms with van der Waals surface area (Å²) >= 11 is 2.41. The third-order valence-electron chi connectivity index (χ3n) is 5.82. The summed E-state index contributed by atoms with van der Waals surface area (Å²) < 4.78 is 1.80. The van der Waals surface area contributed by atoms with E-state index in [0.717, 1.165) is 11.3 Å². The molecule has 1 unspecified atom stereocenters. The topological polar surface area (TPSA) is 179 Å². The number of nitrogen functional groups attached to an aromatic ring is 1. The highest BCUT2D eigenvalue weighted by molar-refractivity contribution is 8.00. The maximum absolute atomic E-state index is 13.2. The second kappa shape index (κ2) is 10.3. The highest BCUT2D eigenvalue weighted by Crippen LogP contribution is 2.45. The molecule has 14 heteroatoms. The van der Waals surface area contributed by atoms with Gasteiger partial charge in [-0.05, 0) is 13.8 Å². The van der Waals surface area contributed by atoms with Gasteiger partial charge in [0.1, 0.15) is 5.69 Å². The Morgan fingerprint density at radius 3 is 2.62 bits per heavy atom. The summed E-state index contributed by atoms with van der Waals surface area (Å²) in [5, 5.41) is 26.1. The number of hydrogen-bond donors (Lipinski definition) is 2. The number of carbonyl (C=O) groups is 4. The molecule has 37 heavy (non-hydrogen) atoms. The number of nitrogens with zero attached hydrogens (tertiary/aromatic N) is 4. The first-order valence-corrected chi connectivity index (χ1v) is 13.0. The monoisotopic (exact) mass is 545 g/mol. The zero-order valence-electron chi connectivity index (χ0n) is 19.8. The van der Waals surface area contributed by atoms with Crippen LogP contribution in [0, 0.1) is 5.92 Å². The molecule has 2 aromatic rings. The average molecular weight is 546 g/mol. The number of nitrogens with two attached hydrogens (primary N) is 1. The van der Waals surface area contributed by atoms with Crippen molar-refractivity contribution in [2.45, 2.75) is 37.8 Å². The number of aromatic nitrogens is 2. The van der Waals surface area contributed by atoms with E-state index in [1.807, 2.05) is 18.2 Å². The number of β-lactam (4-membered cyclic amide) rings is 1. The summed E-state index contributed by atoms with van der Waals surface area (Å²) in [7, 11) is 0. The van der Waals surface area contributed by atoms with E-state index in [1.54, 1.807) is 17.0 Å². The van der Waals surface area contributed by atoms with Crippen LogP contribution in [-0.2, 0) is 30.6 Å². The Morgan fingerprint density at radius 2 is 2.03 bits per heavy atom. The lowest BCUT2D eigenvalue weighted by Gasteiger charge is -2.50. The maximum atomic E-state index is 13.2. The van der Waals surface area contributed by atoms with E-state index < -0.39 is 40.5 Å². The molecule has 1 fully saturated rings. The number of carboxylic acids is 2. The smallest absolute Gasteiger partial charge is 0.350 e. The number of amides is 1. The van der Waals surface area contributed by atoms with Crippen LogP contribution in [0.15, 0.2) is 52.4 Å². The van der Waals surface area contributed by atoms with Crippen LogP contribution in [-0.4, -0.2) is 61.1 Å². The lowest BCUT2D eigenvalue weighted by atomic mass is 9.89. The van der Waals surface area contributed by atoms with E-state index >= 15 is 0 Å². The molecule has 0 aromatic carbocycles. The highest BCUT2D eigenvalue weighted by Gasteiger charge is 2.53. The van der Waals surface area contributed by atoms with Crippen LogP contribution >= 0.6 is 23.1 Å². The third kappa shape index (κ3) is 5.34. The van der Waals surface area contributed by atoms with Gasteiger partial charge in [0.15, 0.2) is 35.6 Å². The molecule has 194 valence electrons. The second-order valence-corrected chi connectivity index (χ2v) is 10.8. The van der Waals surface area contributed by atoms with Crippen molar-refractivity contribution in [1.82, 2.24) is 9.88 Å². The van der Waals surface area contributed by atoms with Gasteiger partial charge >= 0.3 is 5.97 Å². The highest BCUT2D eigenvalue weighted by atomic mass is 32.2. The van der Waals surface area contributed by atoms with E-state index in [9.17, 15) is 29.4 Å². The summed E-state index contributed by atoms with van der Waals surface area (Å²) in [6.45, 7) is 2.80. The largest absolute Gasteiger partial charge is 0.543 e. The normalized spacial score (nSPS) is 19.8. The summed E-state index contributed by atoms with van der Waals surface area (Å²) in [5.74, 6) is -4.37. The number of Topliss-reactive ketones (excluding diaryl/α,β-unsaturated/α-hetero) is 1. The molecule has 1 amide bonds. The predicted octanol–water partition coefficient (Wildman–Crippen LogP) is -0.209. The number of pyridine rings is 1. The fourth-order valence-electron chi connectivity index (χ4n) is 3.82. The average Bonchev–Trinajstić information content (AvgIpc) is 3.28. The van der Waals surface area contributed by atoms with Crippen LogP contribution in [0.3, 0.4) is 0 Å². The Hall–Kier alpha value is -3.78. The van der Waals surface area contributed by atoms with Crippen LogP contribution in [0.5, 0.6) is 0 Å². The molecule has 4 rings (SSSR count). The Bertz CT molecular complexity index is 1320. The van der Waals surface area contributed by atoms with Gasteiger partial charge in [0.05, 0.1) is 23.0 Å². The van der Waals surface area contributed by atoms with Gasteiger partial charge in [0.2, 0.25) is 11.5 Å². The number of anilines is 1. The Morgan fingerprint density at radius 1 is 1.32 bits per heavy atom. The molecule has 0 aliphatic carbocycles. The summed E-state index contributed by atoms with van der Waals surface area (Å²) in [5.41, 5.74) is 4.12. The first kappa shape index (κ1) is 26.3. The number of carbonyl (C=O) groups excluding carboxylic acids is 3. The van der Waals surface area contributed by atoms with E-state index in [1.165, 1.54) is 35.9 Å². The van der Waals surface area contributed by atoms with Crippen LogP contribution in [0.2, 0.25) is 0 Å². The van der Waals surface area contributed by atoms with E-state index in [-0.39, 0.29) is 35.2 Å². The van der Waals surface area contributed by atoms with Gasteiger partial charge in [-0.3, -0.25) is 14.5 Å². The molecule has 3 N–H and O–H groups in total. The Labute approximate surface area is 219 Å². The molecule has 0 saturated carbocycles. The molecule has 2 aliphatic heterocycles. The van der Waals surface area contributed by atoms with Crippen molar-refractivity contribution < 1.29 is 38.8 Å². The number of carboxylic acid groups (broad SMARTS) is 2. The number of fused-ring (bicyclic) bond motifs is 1. The van der Waals surface area contributed by atoms with Gasteiger partial charge in [-0.25, -0.2) is 14.3 Å². The van der Waals surface area contributed by atoms with Crippen LogP contribution in [0.4, 0.5) is 5.13 Å². The van der Waals surface area contributed by atoms with Crippen LogP contribution in [0.25, 0.3) is 0 Å². The number of rotatable bonds is 10. The zero-order chi connectivity index (χ0) is 26.9. The van der Waals surface area contributed by atoms with Gasteiger partial charge in [-0.1, -0.05) is 11.2 Å². The van der Waals surface area contributed by atoms with E-state index in [4.69, 9.17) is 10.6 Å². The molecule has 0 radical (unpaired) electrons. The summed E-state index contributed by atoms with van der Waals surface area (Å²) in [6, 6.07) is 5.46. The van der Waals surface area contributed by atoms with Crippen molar-refractivity contribution in [3.05, 3.63) is 52.9 Å². The van der Waals surface area contributed by atoms with Crippen LogP contribution in [0.1, 0.15) is 26.0 Å². The molecule has 1 saturated heterocycles. The van der Waals surface area contributed by atoms with Gasteiger partial charge in [0.25, 0.3) is 0 Å². The number of thioether (sulfide) groups is 1. The molecule has 2 atom stereocenters. The quantitative estimate of drug-likeness (QED) is 0.176. The number of ketones is 1. The second-order valence-electron chi connectivity index (χ2n) is 8.85. The van der Waals surface area contributed by atoms with Gasteiger partial charge in [-0.2, -0.15) is 0 Å². The minimum absolute atomic E-state index is 0.0890. The maximum Gasteiger partial charge on any atom is 0.350 e. The number of oxime groups is 1. The third-order valence-corrected chi connectivity index (χ3v) is 7.89. The number of hydrogen-bond acceptors (Lipinski definition) is 11. The van der Waals surface area contributed by atoms with Crippen molar-refractivity contribution in [3.63, 3.8) is 0 Å². The minimum atomic E-state index is -1.73. The molecular formula is C23H23N5O7S2. The zero-order valence-corrected chi connectivity index (χ0v) is 21.5. The van der Waals surface area contributed by atoms with Gasteiger partial charge < -0.3 is 25.6 Å². The molecule has 12 nitrogen and oxygen atoms in total. The van der Waals surface area contributed by atoms with Gasteiger partial charge in [0, 0.05) is 35.3 Å². The summed E-state index contributed by atoms with van der Waals surface area (Å²) in [4.78, 5) is 60.0. The van der Waals surface area contributed by atoms with Gasteiger partial charge in [-0.15, -0.1) is 23.1 Å². The predicted molar refractivity (Wildman–Crippen MR) is 131 cm³/mol. The summed E-state index contributed by atoms with van der Waals surface area (Å²) in [6.07, 6.45) is 3.27. The lowest BCUT2D eigenvalue weighted by Crippen LogP contribution is -2.63. The van der Waals surface area contributed by atoms with Crippen molar-refractivity contribution in [2.24, 2.45) is 11.1 Å². The molecular weight excluding hydrogens is 522 g/mol. The van der Waals surface area contributed by atoms with Crippen molar-refractivity contribution in [1.29, 1.82) is 0 Å². The first-order chi connectivity index (χ1) is 17.5. The lowest BCUT2D eigenvalue weighted by molar-refractivity contribution is -0.689. The molecule has 0 bridgehead atoms. The standard InChI is InChI=1S/C23H23N5O7S2/c1-23(2,21(33)34)35-26-16(14-11-37-22(24)25-14)15(29)8-13-18(30)28-17(20(31)32)12(10-36-19(13)28)9-27-6-4-3-5-7-27/h3-7,11,13,19H,8-10H2,1-2H3,(H3-,24,25,31,32,33,34)/b26-16-/t13-,19?/m1/s1. The first-order valence-electron chi connectivity index (χ1n) is 11.1. The Balaban J connectivity index is 1.55. The molecule has 2 aliphatic rings. The number of thiazole rings is 1. The fraction of sp³-hybridized carbons (Fsp3) is 0.348. The number of aliphatic carboxylic acids is 2. The van der Waals surface area contributed by atoms with Crippen LogP contribution < -0.4 is 15.4 Å². The SMILES string of the molecule is CC(C)(O/N=C(\C(=O)C[C@@H]1C(=O)N2C(C(=O)[O-])=C(C[n+]3ccccc3)CSC12)c1csc(N)n1)C(=O)O. The van der Waals surface area contributed by atoms with Crippen molar-refractivity contribution >= 4 is 57.6 Å². The van der Waals surface area contributed by atoms with E-state index in [2.05, 4.69) is 10.1 Å². The van der Waals surface area contributed by atoms with Crippen molar-refractivity contribution in [3.8, 4) is 0 Å². The Kier molecular flexibility index (Phi) is 7.32. The molecule has 2 aromatic heterocycles. The van der Waals surface area contributed by atoms with E-state index in [0.29, 0.717) is 11.3 Å². The molecule has 0 spiro atoms. The minimum Gasteiger partial charge on any atom is -0.543 e. The fourth-order valence-corrected chi connectivity index (χ4v) is 5.77. The molecule has 4 heterocycles.